The summed E-state index contributed by atoms with van der Waals surface area (Å²) in [6.45, 7) is 1.75. The number of aliphatic hydroxyl groups excluding tert-OH is 1. The summed E-state index contributed by atoms with van der Waals surface area (Å²) in [5, 5.41) is 7.83. The van der Waals surface area contributed by atoms with Crippen LogP contribution in [0.2, 0.25) is 0 Å². The fourth-order valence-corrected chi connectivity index (χ4v) is 4.28. The number of aldehydes is 1. The molecule has 2 aromatic heterocycles. The molecule has 0 aliphatic rings. The molecule has 9 heteroatoms. The Morgan fingerprint density at radius 2 is 1.82 bits per heavy atom. The summed E-state index contributed by atoms with van der Waals surface area (Å²) in [5.41, 5.74) is 2.91. The minimum Gasteiger partial charge on any atom is -0.454 e. The predicted octanol–water partition coefficient (Wildman–Crippen LogP) is 6.41. The molecule has 5 rings (SSSR count). The lowest BCUT2D eigenvalue weighted by Crippen LogP contribution is -1.99. The molecule has 0 spiro atoms. The van der Waals surface area contributed by atoms with E-state index < -0.39 is 11.6 Å². The fraction of sp³-hybridized carbons (Fsp3) is 0.172. The van der Waals surface area contributed by atoms with Crippen LogP contribution in [0.1, 0.15) is 28.8 Å². The lowest BCUT2D eigenvalue weighted by Gasteiger charge is -2.12. The SMILES string of the molecule is CO.Cc1c(Oc2ccc(F)c(-c3ncc(Cc4cccc(CCC=O)c4F)[nH]3)c2)c(F)cc2[nH]ccc12. The smallest absolute Gasteiger partial charge is 0.168 e. The minimum absolute atomic E-state index is 0.0599. The summed E-state index contributed by atoms with van der Waals surface area (Å²) in [6, 6.07) is 12.3. The number of rotatable bonds is 8. The van der Waals surface area contributed by atoms with Crippen LogP contribution in [-0.2, 0) is 17.6 Å². The van der Waals surface area contributed by atoms with E-state index in [1.807, 2.05) is 6.07 Å². The van der Waals surface area contributed by atoms with Crippen molar-refractivity contribution >= 4 is 17.2 Å². The molecule has 0 aliphatic heterocycles. The molecule has 0 saturated heterocycles. The molecule has 0 aliphatic carbocycles. The van der Waals surface area contributed by atoms with Gasteiger partial charge in [-0.25, -0.2) is 18.2 Å². The molecule has 0 amide bonds. The summed E-state index contributed by atoms with van der Waals surface area (Å²) >= 11 is 0. The van der Waals surface area contributed by atoms with E-state index in [2.05, 4.69) is 15.0 Å². The highest BCUT2D eigenvalue weighted by atomic mass is 19.1. The molecule has 3 N–H and O–H groups in total. The Kier molecular flexibility index (Phi) is 8.28. The second-order valence-corrected chi connectivity index (χ2v) is 8.52. The number of hydrogen-bond acceptors (Lipinski definition) is 4. The van der Waals surface area contributed by atoms with Crippen molar-refractivity contribution in [1.82, 2.24) is 15.0 Å². The molecule has 0 fully saturated rings. The standard InChI is InChI=1S/C28H22F3N3O2.CH4O/c1-16-21-9-10-32-25(21)14-24(30)27(16)36-20-7-8-23(29)22(13-20)28-33-15-19(34-28)12-18-5-2-4-17(26(18)31)6-3-11-35;1-2/h2,4-5,7-11,13-15,32H,3,6,12H2,1H3,(H,33,34);2H,1H3. The number of imidazole rings is 1. The van der Waals surface area contributed by atoms with Gasteiger partial charge in [0.25, 0.3) is 0 Å². The van der Waals surface area contributed by atoms with E-state index in [0.29, 0.717) is 34.3 Å². The van der Waals surface area contributed by atoms with Crippen LogP contribution in [0.15, 0.2) is 60.9 Å². The Bertz CT molecular complexity index is 1580. The molecule has 0 radical (unpaired) electrons. The van der Waals surface area contributed by atoms with Gasteiger partial charge in [0, 0.05) is 60.6 Å². The molecule has 0 bridgehead atoms. The Morgan fingerprint density at radius 1 is 1.03 bits per heavy atom. The van der Waals surface area contributed by atoms with Crippen molar-refractivity contribution in [1.29, 1.82) is 0 Å². The van der Waals surface area contributed by atoms with Crippen LogP contribution in [0, 0.1) is 24.4 Å². The average Bonchev–Trinajstić information content (AvgIpc) is 3.59. The topological polar surface area (TPSA) is 91.0 Å². The number of aromatic amines is 2. The van der Waals surface area contributed by atoms with Crippen molar-refractivity contribution in [3.63, 3.8) is 0 Å². The Morgan fingerprint density at radius 3 is 2.61 bits per heavy atom. The van der Waals surface area contributed by atoms with E-state index in [-0.39, 0.29) is 41.5 Å². The van der Waals surface area contributed by atoms with Crippen LogP contribution in [-0.4, -0.2) is 33.5 Å². The van der Waals surface area contributed by atoms with Crippen LogP contribution >= 0.6 is 0 Å². The monoisotopic (exact) mass is 521 g/mol. The quantitative estimate of drug-likeness (QED) is 0.206. The normalized spacial score (nSPS) is 10.8. The summed E-state index contributed by atoms with van der Waals surface area (Å²) in [6.07, 6.45) is 4.78. The first-order chi connectivity index (χ1) is 18.4. The van der Waals surface area contributed by atoms with Gasteiger partial charge in [-0.05, 0) is 48.7 Å². The summed E-state index contributed by atoms with van der Waals surface area (Å²) in [7, 11) is 1.00. The summed E-state index contributed by atoms with van der Waals surface area (Å²) in [4.78, 5) is 20.9. The van der Waals surface area contributed by atoms with Gasteiger partial charge in [0.15, 0.2) is 11.6 Å². The van der Waals surface area contributed by atoms with E-state index in [4.69, 9.17) is 9.84 Å². The first-order valence-corrected chi connectivity index (χ1v) is 11.9. The van der Waals surface area contributed by atoms with Crippen LogP contribution in [0.4, 0.5) is 13.2 Å². The average molecular weight is 522 g/mol. The van der Waals surface area contributed by atoms with Gasteiger partial charge in [0.05, 0.1) is 5.56 Å². The maximum Gasteiger partial charge on any atom is 0.168 e. The third-order valence-electron chi connectivity index (χ3n) is 6.12. The van der Waals surface area contributed by atoms with Crippen LogP contribution in [0.5, 0.6) is 11.5 Å². The molecule has 0 unspecified atom stereocenters. The van der Waals surface area contributed by atoms with Crippen LogP contribution < -0.4 is 4.74 Å². The number of fused-ring (bicyclic) bond motifs is 1. The van der Waals surface area contributed by atoms with Gasteiger partial charge >= 0.3 is 0 Å². The number of halogens is 3. The van der Waals surface area contributed by atoms with Gasteiger partial charge in [-0.15, -0.1) is 0 Å². The summed E-state index contributed by atoms with van der Waals surface area (Å²) in [5.74, 6) is -0.896. The predicted molar refractivity (Wildman–Crippen MR) is 139 cm³/mol. The van der Waals surface area contributed by atoms with E-state index in [0.717, 1.165) is 18.8 Å². The van der Waals surface area contributed by atoms with E-state index in [9.17, 15) is 18.0 Å². The highest BCUT2D eigenvalue weighted by molar-refractivity contribution is 5.85. The van der Waals surface area contributed by atoms with Gasteiger partial charge in [-0.3, -0.25) is 0 Å². The number of benzene rings is 3. The first kappa shape index (κ1) is 26.7. The molecule has 2 heterocycles. The van der Waals surface area contributed by atoms with E-state index >= 15 is 0 Å². The van der Waals surface area contributed by atoms with Gasteiger partial charge in [0.1, 0.15) is 29.5 Å². The zero-order valence-electron chi connectivity index (χ0n) is 20.8. The number of aromatic nitrogens is 3. The molecule has 3 aromatic carbocycles. The van der Waals surface area contributed by atoms with Crippen molar-refractivity contribution in [2.75, 3.05) is 7.11 Å². The van der Waals surface area contributed by atoms with Crippen molar-refractivity contribution < 1.29 is 27.8 Å². The number of ether oxygens (including phenoxy) is 1. The van der Waals surface area contributed by atoms with Crippen molar-refractivity contribution in [2.24, 2.45) is 0 Å². The van der Waals surface area contributed by atoms with Crippen molar-refractivity contribution in [2.45, 2.75) is 26.2 Å². The number of aryl methyl sites for hydroxylation is 2. The maximum absolute atomic E-state index is 14.8. The van der Waals surface area contributed by atoms with Gasteiger partial charge in [0.2, 0.25) is 0 Å². The second kappa shape index (κ2) is 11.8. The molecular formula is C29H26F3N3O3. The zero-order valence-corrected chi connectivity index (χ0v) is 20.8. The molecule has 5 aromatic rings. The van der Waals surface area contributed by atoms with Gasteiger partial charge < -0.3 is 24.6 Å². The Balaban J connectivity index is 0.00000164. The van der Waals surface area contributed by atoms with Gasteiger partial charge in [-0.2, -0.15) is 0 Å². The van der Waals surface area contributed by atoms with Crippen molar-refractivity contribution in [3.05, 3.63) is 101 Å². The molecule has 0 atom stereocenters. The number of H-pyrrole nitrogens is 2. The molecule has 196 valence electrons. The number of nitrogens with one attached hydrogen (secondary N) is 2. The number of aliphatic hydroxyl groups is 1. The zero-order chi connectivity index (χ0) is 27.2. The fourth-order valence-electron chi connectivity index (χ4n) is 4.28. The van der Waals surface area contributed by atoms with Crippen molar-refractivity contribution in [3.8, 4) is 22.9 Å². The highest BCUT2D eigenvalue weighted by Crippen LogP contribution is 2.35. The molecule has 0 saturated carbocycles. The van der Waals surface area contributed by atoms with E-state index in [1.54, 1.807) is 31.3 Å². The lowest BCUT2D eigenvalue weighted by molar-refractivity contribution is -0.107. The second-order valence-electron chi connectivity index (χ2n) is 8.52. The largest absolute Gasteiger partial charge is 0.454 e. The number of carbonyl (C=O) groups excluding carboxylic acids is 1. The third-order valence-corrected chi connectivity index (χ3v) is 6.12. The third kappa shape index (κ3) is 5.47. The van der Waals surface area contributed by atoms with Crippen LogP contribution in [0.25, 0.3) is 22.3 Å². The van der Waals surface area contributed by atoms with E-state index in [1.165, 1.54) is 30.5 Å². The molecule has 6 nitrogen and oxygen atoms in total. The van der Waals surface area contributed by atoms with Crippen LogP contribution in [0.3, 0.4) is 0 Å². The molecule has 38 heavy (non-hydrogen) atoms. The number of hydrogen-bond donors (Lipinski definition) is 3. The number of carbonyl (C=O) groups is 1. The highest BCUT2D eigenvalue weighted by Gasteiger charge is 2.17. The Labute approximate surface area is 217 Å². The van der Waals surface area contributed by atoms with Gasteiger partial charge in [-0.1, -0.05) is 18.2 Å². The lowest BCUT2D eigenvalue weighted by atomic mass is 10.0. The summed E-state index contributed by atoms with van der Waals surface area (Å²) < 4.78 is 50.1. The minimum atomic E-state index is -0.538. The Hall–Kier alpha value is -4.37. The number of nitrogens with zero attached hydrogens (tertiary/aromatic N) is 1. The first-order valence-electron chi connectivity index (χ1n) is 11.9. The maximum atomic E-state index is 14.8. The molecular weight excluding hydrogens is 495 g/mol.